The number of nitrogens with one attached hydrogen (secondary N) is 4. The van der Waals surface area contributed by atoms with Gasteiger partial charge in [-0.2, -0.15) is 0 Å². The van der Waals surface area contributed by atoms with Crippen molar-refractivity contribution in [1.82, 2.24) is 31.1 Å². The highest BCUT2D eigenvalue weighted by molar-refractivity contribution is 5.87. The third kappa shape index (κ3) is 12.1. The number of rotatable bonds is 15. The summed E-state index contributed by atoms with van der Waals surface area (Å²) in [5, 5.41) is 12.6. The topological polar surface area (TPSA) is 160 Å². The van der Waals surface area contributed by atoms with Crippen molar-refractivity contribution in [2.45, 2.75) is 153 Å². The number of fused-ring (bicyclic) bond motifs is 2. The lowest BCUT2D eigenvalue weighted by atomic mass is 10.0. The van der Waals surface area contributed by atoms with Crippen LogP contribution in [0.1, 0.15) is 91.2 Å². The van der Waals surface area contributed by atoms with Crippen molar-refractivity contribution >= 4 is 24.0 Å². The summed E-state index contributed by atoms with van der Waals surface area (Å²) < 4.78 is 50.7. The first-order valence-corrected chi connectivity index (χ1v) is 21.2. The number of nitrogens with zero attached hydrogens (tertiary/aromatic N) is 2. The molecule has 330 valence electrons. The van der Waals surface area contributed by atoms with Gasteiger partial charge in [0.2, 0.25) is 11.8 Å². The molecule has 16 heteroatoms. The molecule has 0 unspecified atom stereocenters. The molecule has 60 heavy (non-hydrogen) atoms. The average molecular weight is 841 g/mol. The summed E-state index contributed by atoms with van der Waals surface area (Å²) in [4.78, 5) is 58.6. The molecule has 0 aromatic heterocycles. The second kappa shape index (κ2) is 19.6. The Morgan fingerprint density at radius 3 is 1.37 bits per heavy atom. The first-order valence-electron chi connectivity index (χ1n) is 21.2. The van der Waals surface area contributed by atoms with E-state index in [9.17, 15) is 28.0 Å². The predicted molar refractivity (Wildman–Crippen MR) is 219 cm³/mol. The zero-order chi connectivity index (χ0) is 43.2. The van der Waals surface area contributed by atoms with Gasteiger partial charge >= 0.3 is 12.2 Å². The molecule has 0 radical (unpaired) electrons. The van der Waals surface area contributed by atoms with Gasteiger partial charge in [0.1, 0.15) is 34.9 Å². The van der Waals surface area contributed by atoms with Gasteiger partial charge in [-0.25, -0.2) is 18.4 Å². The summed E-state index contributed by atoms with van der Waals surface area (Å²) >= 11 is 0. The maximum Gasteiger partial charge on any atom is 0.408 e. The molecule has 4 N–H and O–H groups in total. The molecule has 4 fully saturated rings. The van der Waals surface area contributed by atoms with Gasteiger partial charge in [-0.05, 0) is 103 Å². The van der Waals surface area contributed by atoms with Crippen LogP contribution in [0.3, 0.4) is 0 Å². The van der Waals surface area contributed by atoms with E-state index in [1.807, 2.05) is 0 Å². The summed E-state index contributed by atoms with van der Waals surface area (Å²) in [6, 6.07) is 9.90. The van der Waals surface area contributed by atoms with Crippen LogP contribution < -0.4 is 21.3 Å². The van der Waals surface area contributed by atoms with Crippen molar-refractivity contribution in [1.29, 1.82) is 0 Å². The third-order valence-corrected chi connectivity index (χ3v) is 11.4. The number of alkyl carbamates (subject to hydrolysis) is 2. The Balaban J connectivity index is 1.11. The van der Waals surface area contributed by atoms with Crippen LogP contribution in [-0.2, 0) is 41.8 Å². The molecule has 8 atom stereocenters. The molecule has 0 spiro atoms. The highest BCUT2D eigenvalue weighted by Gasteiger charge is 2.49. The maximum atomic E-state index is 14.4. The molecular weight excluding hydrogens is 779 g/mol. The number of likely N-dealkylation sites (tertiary alicyclic amines) is 2. The van der Waals surface area contributed by atoms with Gasteiger partial charge in [0.25, 0.3) is 0 Å². The molecule has 2 aromatic carbocycles. The van der Waals surface area contributed by atoms with E-state index >= 15 is 0 Å². The van der Waals surface area contributed by atoms with Gasteiger partial charge in [-0.3, -0.25) is 9.59 Å². The fourth-order valence-corrected chi connectivity index (χ4v) is 8.68. The molecule has 6 rings (SSSR count). The summed E-state index contributed by atoms with van der Waals surface area (Å²) in [5.41, 5.74) is 0.0520. The fourth-order valence-electron chi connectivity index (χ4n) is 8.68. The largest absolute Gasteiger partial charge is 0.444 e. The summed E-state index contributed by atoms with van der Waals surface area (Å²) in [7, 11) is 0. The molecule has 4 amide bonds. The van der Waals surface area contributed by atoms with Crippen molar-refractivity contribution in [2.24, 2.45) is 0 Å². The molecule has 0 aliphatic carbocycles. The standard InChI is InChI=1S/C44H62F2N6O8/c1-43(2,3)59-41(55)49-33(39(53)51-21-19-31-37(51)35(23-47-31)57-25-27-11-15-29(45)16-12-27)9-7-8-10-34(50-42(56)60-44(4,5)6)40(54)52-22-20-32-38(52)36(24-48-32)58-26-28-13-17-30(46)18-14-28/h11-18,31-38,47-48H,7-10,19-26H2,1-6H3,(H,49,55)(H,50,56)/t31-,32-,33+,34+,35+,36+,37+,38+/m1/s1. The van der Waals surface area contributed by atoms with E-state index in [1.54, 1.807) is 75.6 Å². The highest BCUT2D eigenvalue weighted by atomic mass is 19.1. The fraction of sp³-hybridized carbons (Fsp3) is 0.636. The van der Waals surface area contributed by atoms with E-state index in [0.29, 0.717) is 39.0 Å². The van der Waals surface area contributed by atoms with E-state index in [4.69, 9.17) is 18.9 Å². The first-order chi connectivity index (χ1) is 28.4. The lowest BCUT2D eigenvalue weighted by Crippen LogP contribution is -2.54. The van der Waals surface area contributed by atoms with Crippen molar-refractivity contribution in [3.63, 3.8) is 0 Å². The van der Waals surface area contributed by atoms with Crippen LogP contribution in [0.15, 0.2) is 48.5 Å². The Kier molecular flexibility index (Phi) is 14.7. The SMILES string of the molecule is CC(C)(C)OC(=O)N[C@@H](CCCC[C@H](NC(=O)OC(C)(C)C)C(=O)N1CC[C@H]2NC[C@H](OCc3ccc(F)cc3)[C@H]21)C(=O)N1CC[C@H]2NC[C@H](OCc3ccc(F)cc3)[C@H]21. The van der Waals surface area contributed by atoms with E-state index < -0.39 is 35.5 Å². The zero-order valence-electron chi connectivity index (χ0n) is 35.6. The second-order valence-corrected chi connectivity index (χ2v) is 18.3. The molecule has 4 aliphatic rings. The number of ether oxygens (including phenoxy) is 4. The normalized spacial score (nSPS) is 24.7. The van der Waals surface area contributed by atoms with Crippen LogP contribution in [0.4, 0.5) is 18.4 Å². The van der Waals surface area contributed by atoms with Crippen LogP contribution in [0.2, 0.25) is 0 Å². The number of benzene rings is 2. The predicted octanol–water partition coefficient (Wildman–Crippen LogP) is 4.93. The summed E-state index contributed by atoms with van der Waals surface area (Å²) in [6.45, 7) is 13.1. The van der Waals surface area contributed by atoms with Crippen molar-refractivity contribution in [3.05, 3.63) is 71.3 Å². The number of carbonyl (C=O) groups is 4. The number of hydrogen-bond acceptors (Lipinski definition) is 10. The van der Waals surface area contributed by atoms with Crippen LogP contribution in [0.25, 0.3) is 0 Å². The molecule has 14 nitrogen and oxygen atoms in total. The molecule has 4 heterocycles. The molecule has 4 saturated heterocycles. The van der Waals surface area contributed by atoms with Crippen molar-refractivity contribution < 1.29 is 46.9 Å². The van der Waals surface area contributed by atoms with Crippen molar-refractivity contribution in [2.75, 3.05) is 26.2 Å². The molecule has 2 aromatic rings. The smallest absolute Gasteiger partial charge is 0.408 e. The van der Waals surface area contributed by atoms with Crippen LogP contribution in [0, 0.1) is 11.6 Å². The van der Waals surface area contributed by atoms with Crippen LogP contribution >= 0.6 is 0 Å². The summed E-state index contributed by atoms with van der Waals surface area (Å²) in [5.74, 6) is -1.17. The number of carbonyl (C=O) groups excluding carboxylic acids is 4. The van der Waals surface area contributed by atoms with E-state index in [2.05, 4.69) is 21.3 Å². The van der Waals surface area contributed by atoms with E-state index in [1.165, 1.54) is 24.3 Å². The molecule has 0 saturated carbocycles. The molecular formula is C44H62F2N6O8. The van der Waals surface area contributed by atoms with Gasteiger partial charge in [0, 0.05) is 38.3 Å². The number of amides is 4. The second-order valence-electron chi connectivity index (χ2n) is 18.3. The average Bonchev–Trinajstić information content (AvgIpc) is 3.97. The number of halogens is 2. The Labute approximate surface area is 351 Å². The maximum absolute atomic E-state index is 14.4. The lowest BCUT2D eigenvalue weighted by molar-refractivity contribution is -0.138. The highest BCUT2D eigenvalue weighted by Crippen LogP contribution is 2.31. The van der Waals surface area contributed by atoms with Crippen molar-refractivity contribution in [3.8, 4) is 0 Å². The van der Waals surface area contributed by atoms with Gasteiger partial charge < -0.3 is 50.0 Å². The Morgan fingerprint density at radius 1 is 0.650 bits per heavy atom. The first kappa shape index (κ1) is 45.2. The Bertz CT molecular complexity index is 1660. The lowest BCUT2D eigenvalue weighted by Gasteiger charge is -2.33. The molecule has 0 bridgehead atoms. The van der Waals surface area contributed by atoms with Gasteiger partial charge in [0.15, 0.2) is 0 Å². The molecule has 4 aliphatic heterocycles. The minimum Gasteiger partial charge on any atom is -0.444 e. The monoisotopic (exact) mass is 840 g/mol. The zero-order valence-corrected chi connectivity index (χ0v) is 35.6. The summed E-state index contributed by atoms with van der Waals surface area (Å²) in [6.07, 6.45) is 0.777. The minimum absolute atomic E-state index is 0.0215. The Hall–Kier alpha value is -4.38. The quantitative estimate of drug-likeness (QED) is 0.181. The van der Waals surface area contributed by atoms with E-state index in [0.717, 1.165) is 24.0 Å². The Morgan fingerprint density at radius 2 is 1.02 bits per heavy atom. The third-order valence-electron chi connectivity index (χ3n) is 11.4. The minimum atomic E-state index is -0.923. The van der Waals surface area contributed by atoms with Gasteiger partial charge in [-0.15, -0.1) is 0 Å². The van der Waals surface area contributed by atoms with Gasteiger partial charge in [0.05, 0.1) is 37.5 Å². The van der Waals surface area contributed by atoms with Crippen LogP contribution in [0.5, 0.6) is 0 Å². The number of hydrogen-bond donors (Lipinski definition) is 4. The number of unbranched alkanes of at least 4 members (excludes halogenated alkanes) is 1. The van der Waals surface area contributed by atoms with Crippen LogP contribution in [-0.4, -0.2) is 120 Å². The van der Waals surface area contributed by atoms with Gasteiger partial charge in [-0.1, -0.05) is 37.1 Å². The van der Waals surface area contributed by atoms with E-state index in [-0.39, 0.29) is 85.9 Å².